The molecule has 0 bridgehead atoms. The summed E-state index contributed by atoms with van der Waals surface area (Å²) in [5.41, 5.74) is 5.32. The van der Waals surface area contributed by atoms with Crippen molar-refractivity contribution >= 4 is 11.8 Å². The van der Waals surface area contributed by atoms with Gasteiger partial charge >= 0.3 is 0 Å². The third kappa shape index (κ3) is 3.54. The monoisotopic (exact) mass is 265 g/mol. The Hall–Kier alpha value is -1.89. The fourth-order valence-corrected chi connectivity index (χ4v) is 2.23. The summed E-state index contributed by atoms with van der Waals surface area (Å²) in [7, 11) is 0. The van der Waals surface area contributed by atoms with Crippen LogP contribution < -0.4 is 11.1 Å². The maximum Gasteiger partial charge on any atom is 0.236 e. The summed E-state index contributed by atoms with van der Waals surface area (Å²) in [6.45, 7) is 1.66. The zero-order chi connectivity index (χ0) is 13.7. The first-order valence-electron chi connectivity index (χ1n) is 6.44. The van der Waals surface area contributed by atoms with Gasteiger partial charge < -0.3 is 20.9 Å². The topological polar surface area (TPSA) is 104 Å². The van der Waals surface area contributed by atoms with Crippen molar-refractivity contribution < 1.29 is 9.59 Å². The minimum Gasteiger partial charge on any atom is -0.349 e. The maximum atomic E-state index is 12.0. The number of carbonyl (C=O) groups is 2. The van der Waals surface area contributed by atoms with Gasteiger partial charge in [0.15, 0.2) is 0 Å². The van der Waals surface area contributed by atoms with Crippen LogP contribution in [0.1, 0.15) is 18.7 Å². The number of likely N-dealkylation sites (tertiary alicyclic amines) is 1. The molecule has 0 radical (unpaired) electrons. The maximum absolute atomic E-state index is 12.0. The summed E-state index contributed by atoms with van der Waals surface area (Å²) >= 11 is 0. The molecule has 0 saturated carbocycles. The van der Waals surface area contributed by atoms with Gasteiger partial charge in [-0.25, -0.2) is 4.98 Å². The van der Waals surface area contributed by atoms with Crippen LogP contribution in [0, 0.1) is 5.92 Å². The Labute approximate surface area is 111 Å². The predicted octanol–water partition coefficient (Wildman–Crippen LogP) is -0.777. The minimum absolute atomic E-state index is 0.0243. The van der Waals surface area contributed by atoms with Crippen molar-refractivity contribution in [3.63, 3.8) is 0 Å². The Bertz CT molecular complexity index is 423. The van der Waals surface area contributed by atoms with Gasteiger partial charge in [-0.1, -0.05) is 0 Å². The van der Waals surface area contributed by atoms with Gasteiger partial charge in [0, 0.05) is 31.4 Å². The van der Waals surface area contributed by atoms with Crippen molar-refractivity contribution in [3.05, 3.63) is 18.2 Å². The number of carbonyl (C=O) groups excluding carboxylic acids is 2. The molecule has 0 spiro atoms. The molecule has 104 valence electrons. The summed E-state index contributed by atoms with van der Waals surface area (Å²) in [5, 5.41) is 2.85. The Kier molecular flexibility index (Phi) is 4.51. The molecule has 1 aromatic heterocycles. The van der Waals surface area contributed by atoms with Gasteiger partial charge in [0.25, 0.3) is 0 Å². The lowest BCUT2D eigenvalue weighted by Crippen LogP contribution is -2.44. The standard InChI is InChI=1S/C12H19N5O2/c13-7-11(18)17-5-1-9(2-6-17)12(19)16-8-10-14-3-4-15-10/h3-4,9H,1-2,5-8,13H2,(H,14,15)(H,16,19). The molecule has 1 fully saturated rings. The number of aromatic nitrogens is 2. The minimum atomic E-state index is -0.0468. The van der Waals surface area contributed by atoms with Crippen LogP contribution in [0.15, 0.2) is 12.4 Å². The highest BCUT2D eigenvalue weighted by Gasteiger charge is 2.26. The molecule has 7 heteroatoms. The molecular weight excluding hydrogens is 246 g/mol. The second kappa shape index (κ2) is 6.33. The molecule has 0 atom stereocenters. The molecular formula is C12H19N5O2. The van der Waals surface area contributed by atoms with Gasteiger partial charge in [-0.05, 0) is 12.8 Å². The second-order valence-electron chi connectivity index (χ2n) is 4.61. The lowest BCUT2D eigenvalue weighted by molar-refractivity contribution is -0.134. The first-order chi connectivity index (χ1) is 9.20. The van der Waals surface area contributed by atoms with Gasteiger partial charge in [-0.2, -0.15) is 0 Å². The largest absolute Gasteiger partial charge is 0.349 e. The molecule has 1 aliphatic rings. The SMILES string of the molecule is NCC(=O)N1CCC(C(=O)NCc2ncc[nH]2)CC1. The molecule has 0 aromatic carbocycles. The lowest BCUT2D eigenvalue weighted by atomic mass is 9.96. The first kappa shape index (κ1) is 13.5. The third-order valence-corrected chi connectivity index (χ3v) is 3.38. The van der Waals surface area contributed by atoms with Crippen molar-refractivity contribution in [2.45, 2.75) is 19.4 Å². The molecule has 2 rings (SSSR count). The van der Waals surface area contributed by atoms with Gasteiger partial charge in [-0.15, -0.1) is 0 Å². The van der Waals surface area contributed by atoms with Crippen LogP contribution in [-0.2, 0) is 16.1 Å². The summed E-state index contributed by atoms with van der Waals surface area (Å²) < 4.78 is 0. The fraction of sp³-hybridized carbons (Fsp3) is 0.583. The van der Waals surface area contributed by atoms with Crippen molar-refractivity contribution in [2.24, 2.45) is 11.7 Å². The Morgan fingerprint density at radius 2 is 2.21 bits per heavy atom. The lowest BCUT2D eigenvalue weighted by Gasteiger charge is -2.31. The summed E-state index contributed by atoms with van der Waals surface area (Å²) in [5.74, 6) is 0.687. The van der Waals surface area contributed by atoms with Gasteiger partial charge in [0.2, 0.25) is 11.8 Å². The first-order valence-corrected chi connectivity index (χ1v) is 6.44. The average molecular weight is 265 g/mol. The highest BCUT2D eigenvalue weighted by molar-refractivity contribution is 5.80. The molecule has 4 N–H and O–H groups in total. The Balaban J connectivity index is 1.74. The van der Waals surface area contributed by atoms with Crippen molar-refractivity contribution in [2.75, 3.05) is 19.6 Å². The summed E-state index contributed by atoms with van der Waals surface area (Å²) in [6, 6.07) is 0. The van der Waals surface area contributed by atoms with Crippen molar-refractivity contribution in [3.8, 4) is 0 Å². The smallest absolute Gasteiger partial charge is 0.236 e. The van der Waals surface area contributed by atoms with E-state index in [9.17, 15) is 9.59 Å². The average Bonchev–Trinajstić information content (AvgIpc) is 2.97. The molecule has 1 aromatic rings. The van der Waals surface area contributed by atoms with Crippen LogP contribution in [0.5, 0.6) is 0 Å². The predicted molar refractivity (Wildman–Crippen MR) is 68.8 cm³/mol. The fourth-order valence-electron chi connectivity index (χ4n) is 2.23. The number of hydrogen-bond donors (Lipinski definition) is 3. The zero-order valence-corrected chi connectivity index (χ0v) is 10.8. The van der Waals surface area contributed by atoms with Crippen molar-refractivity contribution in [1.82, 2.24) is 20.2 Å². The zero-order valence-electron chi connectivity index (χ0n) is 10.8. The second-order valence-corrected chi connectivity index (χ2v) is 4.61. The molecule has 1 saturated heterocycles. The number of hydrogen-bond acceptors (Lipinski definition) is 4. The van der Waals surface area contributed by atoms with E-state index < -0.39 is 0 Å². The quantitative estimate of drug-likeness (QED) is 0.664. The number of aromatic amines is 1. The molecule has 2 amide bonds. The Morgan fingerprint density at radius 1 is 1.47 bits per heavy atom. The number of imidazole rings is 1. The van der Waals surface area contributed by atoms with E-state index >= 15 is 0 Å². The molecule has 0 aliphatic carbocycles. The van der Waals surface area contributed by atoms with E-state index in [1.165, 1.54) is 0 Å². The van der Waals surface area contributed by atoms with E-state index in [0.717, 1.165) is 5.82 Å². The molecule has 19 heavy (non-hydrogen) atoms. The van der Waals surface area contributed by atoms with E-state index in [2.05, 4.69) is 15.3 Å². The van der Waals surface area contributed by atoms with Crippen LogP contribution in [0.25, 0.3) is 0 Å². The van der Waals surface area contributed by atoms with Crippen LogP contribution >= 0.6 is 0 Å². The number of H-pyrrole nitrogens is 1. The Morgan fingerprint density at radius 3 is 2.79 bits per heavy atom. The van der Waals surface area contributed by atoms with Gasteiger partial charge in [0.05, 0.1) is 13.1 Å². The highest BCUT2D eigenvalue weighted by atomic mass is 16.2. The van der Waals surface area contributed by atoms with E-state index in [-0.39, 0.29) is 24.3 Å². The van der Waals surface area contributed by atoms with E-state index in [1.54, 1.807) is 17.3 Å². The molecule has 2 heterocycles. The van der Waals surface area contributed by atoms with Crippen LogP contribution in [0.2, 0.25) is 0 Å². The van der Waals surface area contributed by atoms with Gasteiger partial charge in [-0.3, -0.25) is 9.59 Å². The number of nitrogens with zero attached hydrogens (tertiary/aromatic N) is 2. The van der Waals surface area contributed by atoms with Crippen LogP contribution in [-0.4, -0.2) is 46.3 Å². The summed E-state index contributed by atoms with van der Waals surface area (Å²) in [4.78, 5) is 32.1. The van der Waals surface area contributed by atoms with Crippen molar-refractivity contribution in [1.29, 1.82) is 0 Å². The van der Waals surface area contributed by atoms with Crippen LogP contribution in [0.4, 0.5) is 0 Å². The highest BCUT2D eigenvalue weighted by Crippen LogP contribution is 2.17. The number of nitrogens with two attached hydrogens (primary N) is 1. The number of amides is 2. The van der Waals surface area contributed by atoms with E-state index in [4.69, 9.17) is 5.73 Å². The van der Waals surface area contributed by atoms with E-state index in [1.807, 2.05) is 0 Å². The summed E-state index contributed by atoms with van der Waals surface area (Å²) in [6.07, 6.45) is 4.75. The number of piperidine rings is 1. The molecule has 0 unspecified atom stereocenters. The number of nitrogens with one attached hydrogen (secondary N) is 2. The molecule has 1 aliphatic heterocycles. The van der Waals surface area contributed by atoms with E-state index in [0.29, 0.717) is 32.5 Å². The normalized spacial score (nSPS) is 16.4. The third-order valence-electron chi connectivity index (χ3n) is 3.38. The van der Waals surface area contributed by atoms with Crippen LogP contribution in [0.3, 0.4) is 0 Å². The van der Waals surface area contributed by atoms with Gasteiger partial charge in [0.1, 0.15) is 5.82 Å². The number of rotatable bonds is 4. The molecule has 7 nitrogen and oxygen atoms in total.